The molecule has 4 nitrogen and oxygen atoms in total. The van der Waals surface area contributed by atoms with E-state index in [1.54, 1.807) is 11.3 Å². The maximum absolute atomic E-state index is 10.9. The first-order valence-electron chi connectivity index (χ1n) is 6.92. The van der Waals surface area contributed by atoms with Gasteiger partial charge in [0.1, 0.15) is 5.01 Å². The molecular formula is C16H20N2O2S. The number of nitrogens with zero attached hydrogens (tertiary/aromatic N) is 2. The van der Waals surface area contributed by atoms with Gasteiger partial charge in [0, 0.05) is 17.1 Å². The van der Waals surface area contributed by atoms with Gasteiger partial charge in [-0.25, -0.2) is 4.98 Å². The fourth-order valence-electron chi connectivity index (χ4n) is 2.20. The van der Waals surface area contributed by atoms with Gasteiger partial charge in [-0.3, -0.25) is 4.79 Å². The second kappa shape index (κ2) is 6.72. The minimum absolute atomic E-state index is 0.123. The van der Waals surface area contributed by atoms with Crippen molar-refractivity contribution in [2.75, 3.05) is 11.4 Å². The van der Waals surface area contributed by atoms with E-state index < -0.39 is 5.97 Å². The average molecular weight is 304 g/mol. The highest BCUT2D eigenvalue weighted by Gasteiger charge is 2.14. The van der Waals surface area contributed by atoms with Gasteiger partial charge in [-0.15, -0.1) is 11.3 Å². The van der Waals surface area contributed by atoms with E-state index in [0.29, 0.717) is 13.1 Å². The number of hydrogen-bond acceptors (Lipinski definition) is 4. The van der Waals surface area contributed by atoms with Crippen LogP contribution in [0.2, 0.25) is 0 Å². The van der Waals surface area contributed by atoms with E-state index >= 15 is 0 Å². The normalized spacial score (nSPS) is 10.6. The monoisotopic (exact) mass is 304 g/mol. The third-order valence-corrected chi connectivity index (χ3v) is 4.51. The Morgan fingerprint density at radius 1 is 1.29 bits per heavy atom. The molecule has 0 fully saturated rings. The highest BCUT2D eigenvalue weighted by Crippen LogP contribution is 2.24. The van der Waals surface area contributed by atoms with Gasteiger partial charge in [0.2, 0.25) is 0 Å². The fourth-order valence-corrected chi connectivity index (χ4v) is 3.15. The molecular weight excluding hydrogens is 284 g/mol. The molecule has 0 aliphatic rings. The van der Waals surface area contributed by atoms with Crippen molar-refractivity contribution in [1.29, 1.82) is 0 Å². The van der Waals surface area contributed by atoms with Crippen LogP contribution in [0.25, 0.3) is 0 Å². The Labute approximate surface area is 129 Å². The van der Waals surface area contributed by atoms with Crippen LogP contribution in [0.4, 0.5) is 5.69 Å². The van der Waals surface area contributed by atoms with Gasteiger partial charge in [-0.2, -0.15) is 0 Å². The summed E-state index contributed by atoms with van der Waals surface area (Å²) in [6.07, 6.45) is 0.123. The van der Waals surface area contributed by atoms with Crippen LogP contribution >= 0.6 is 11.3 Å². The predicted octanol–water partition coefficient (Wildman–Crippen LogP) is 3.55. The second-order valence-electron chi connectivity index (χ2n) is 5.10. The molecule has 0 saturated carbocycles. The minimum atomic E-state index is -0.778. The molecule has 1 aromatic carbocycles. The first-order chi connectivity index (χ1) is 9.97. The van der Waals surface area contributed by atoms with Crippen LogP contribution in [-0.2, 0) is 11.3 Å². The van der Waals surface area contributed by atoms with Crippen LogP contribution in [0.3, 0.4) is 0 Å². The third-order valence-electron chi connectivity index (χ3n) is 3.45. The third kappa shape index (κ3) is 4.04. The number of carboxylic acids is 1. The number of aromatic nitrogens is 1. The van der Waals surface area contributed by atoms with E-state index in [4.69, 9.17) is 5.11 Å². The van der Waals surface area contributed by atoms with Crippen molar-refractivity contribution in [3.63, 3.8) is 0 Å². The van der Waals surface area contributed by atoms with Gasteiger partial charge in [0.05, 0.1) is 18.7 Å². The SMILES string of the molecule is Cc1ccccc1N(CCC(=O)O)Cc1nc(C)c(C)s1. The number of carboxylic acid groups (broad SMARTS) is 1. The smallest absolute Gasteiger partial charge is 0.305 e. The molecule has 1 heterocycles. The van der Waals surface area contributed by atoms with E-state index in [1.807, 2.05) is 38.1 Å². The lowest BCUT2D eigenvalue weighted by Gasteiger charge is -2.25. The molecule has 0 bridgehead atoms. The molecule has 0 saturated heterocycles. The molecule has 1 aromatic heterocycles. The number of carbonyl (C=O) groups is 1. The first-order valence-corrected chi connectivity index (χ1v) is 7.74. The van der Waals surface area contributed by atoms with Gasteiger partial charge in [-0.05, 0) is 32.4 Å². The van der Waals surface area contributed by atoms with E-state index in [1.165, 1.54) is 4.88 Å². The summed E-state index contributed by atoms with van der Waals surface area (Å²) in [6.45, 7) is 7.24. The zero-order valence-corrected chi connectivity index (χ0v) is 13.4. The standard InChI is InChI=1S/C16H20N2O2S/c1-11-6-4-5-7-14(11)18(9-8-16(19)20)10-15-17-12(2)13(3)21-15/h4-7H,8-10H2,1-3H3,(H,19,20). The second-order valence-corrected chi connectivity index (χ2v) is 6.39. The molecule has 0 aliphatic carbocycles. The molecule has 21 heavy (non-hydrogen) atoms. The van der Waals surface area contributed by atoms with Crippen molar-refractivity contribution in [3.05, 3.63) is 45.4 Å². The molecule has 0 unspecified atom stereocenters. The summed E-state index contributed by atoms with van der Waals surface area (Å²) in [5.74, 6) is -0.778. The molecule has 0 amide bonds. The van der Waals surface area contributed by atoms with Crippen molar-refractivity contribution in [1.82, 2.24) is 4.98 Å². The van der Waals surface area contributed by atoms with E-state index in [2.05, 4.69) is 16.8 Å². The van der Waals surface area contributed by atoms with Crippen LogP contribution < -0.4 is 4.90 Å². The number of aryl methyl sites for hydroxylation is 3. The van der Waals surface area contributed by atoms with Crippen molar-refractivity contribution in [2.45, 2.75) is 33.7 Å². The predicted molar refractivity (Wildman–Crippen MR) is 86.1 cm³/mol. The highest BCUT2D eigenvalue weighted by atomic mass is 32.1. The Hall–Kier alpha value is -1.88. The van der Waals surface area contributed by atoms with Crippen LogP contribution in [-0.4, -0.2) is 22.6 Å². The van der Waals surface area contributed by atoms with Gasteiger partial charge >= 0.3 is 5.97 Å². The number of rotatable bonds is 6. The molecule has 0 spiro atoms. The zero-order valence-electron chi connectivity index (χ0n) is 12.6. The van der Waals surface area contributed by atoms with Gasteiger partial charge < -0.3 is 10.0 Å². The average Bonchev–Trinajstić information content (AvgIpc) is 2.74. The summed E-state index contributed by atoms with van der Waals surface area (Å²) in [5.41, 5.74) is 3.27. The Morgan fingerprint density at radius 2 is 2.00 bits per heavy atom. The molecule has 2 rings (SSSR count). The summed E-state index contributed by atoms with van der Waals surface area (Å²) in [5, 5.41) is 9.98. The van der Waals surface area contributed by atoms with E-state index in [0.717, 1.165) is 22.0 Å². The highest BCUT2D eigenvalue weighted by molar-refractivity contribution is 7.11. The maximum Gasteiger partial charge on any atom is 0.305 e. The Balaban J connectivity index is 2.23. The summed E-state index contributed by atoms with van der Waals surface area (Å²) in [6, 6.07) is 8.05. The molecule has 5 heteroatoms. The van der Waals surface area contributed by atoms with Crippen molar-refractivity contribution >= 4 is 23.0 Å². The van der Waals surface area contributed by atoms with Crippen LogP contribution in [0, 0.1) is 20.8 Å². The number of benzene rings is 1. The Morgan fingerprint density at radius 3 is 2.57 bits per heavy atom. The van der Waals surface area contributed by atoms with Crippen molar-refractivity contribution < 1.29 is 9.90 Å². The number of anilines is 1. The van der Waals surface area contributed by atoms with Crippen LogP contribution in [0.5, 0.6) is 0 Å². The number of aliphatic carboxylic acids is 1. The van der Waals surface area contributed by atoms with Crippen molar-refractivity contribution in [2.24, 2.45) is 0 Å². The lowest BCUT2D eigenvalue weighted by atomic mass is 10.1. The van der Waals surface area contributed by atoms with Crippen LogP contribution in [0.15, 0.2) is 24.3 Å². The molecule has 112 valence electrons. The summed E-state index contributed by atoms with van der Waals surface area (Å²) >= 11 is 1.68. The lowest BCUT2D eigenvalue weighted by molar-refractivity contribution is -0.136. The Kier molecular flexibility index (Phi) is 4.96. The number of hydrogen-bond donors (Lipinski definition) is 1. The fraction of sp³-hybridized carbons (Fsp3) is 0.375. The van der Waals surface area contributed by atoms with Gasteiger partial charge in [0.25, 0.3) is 0 Å². The zero-order chi connectivity index (χ0) is 15.4. The largest absolute Gasteiger partial charge is 0.481 e. The van der Waals surface area contributed by atoms with Gasteiger partial charge in [0.15, 0.2) is 0 Å². The summed E-state index contributed by atoms with van der Waals surface area (Å²) in [7, 11) is 0. The quantitative estimate of drug-likeness (QED) is 0.886. The minimum Gasteiger partial charge on any atom is -0.481 e. The van der Waals surface area contributed by atoms with Crippen molar-refractivity contribution in [3.8, 4) is 0 Å². The molecule has 0 atom stereocenters. The topological polar surface area (TPSA) is 53.4 Å². The lowest BCUT2D eigenvalue weighted by Crippen LogP contribution is -2.26. The molecule has 0 radical (unpaired) electrons. The summed E-state index contributed by atoms with van der Waals surface area (Å²) in [4.78, 5) is 18.8. The molecule has 1 N–H and O–H groups in total. The molecule has 2 aromatic rings. The number of para-hydroxylation sites is 1. The number of thiazole rings is 1. The van der Waals surface area contributed by atoms with E-state index in [-0.39, 0.29) is 6.42 Å². The maximum atomic E-state index is 10.9. The summed E-state index contributed by atoms with van der Waals surface area (Å²) < 4.78 is 0. The Bertz CT molecular complexity index is 617. The van der Waals surface area contributed by atoms with E-state index in [9.17, 15) is 4.79 Å². The van der Waals surface area contributed by atoms with Gasteiger partial charge in [-0.1, -0.05) is 18.2 Å². The molecule has 0 aliphatic heterocycles. The van der Waals surface area contributed by atoms with Crippen LogP contribution in [0.1, 0.15) is 27.6 Å². The first kappa shape index (κ1) is 15.5.